The summed E-state index contributed by atoms with van der Waals surface area (Å²) in [6, 6.07) is 5.34. The average molecular weight is 335 g/mol. The highest BCUT2D eigenvalue weighted by atomic mass is 35.5. The smallest absolute Gasteiger partial charge is 0.189 e. The molecule has 4 N–H and O–H groups in total. The Morgan fingerprint density at radius 2 is 2.26 bits per heavy atom. The van der Waals surface area contributed by atoms with Crippen LogP contribution < -0.4 is 15.4 Å². The minimum atomic E-state index is -0.0625. The summed E-state index contributed by atoms with van der Waals surface area (Å²) in [6.45, 7) is 4.89. The number of aliphatic imine (C=N–C) groups is 2. The molecule has 0 atom stereocenters. The zero-order valence-corrected chi connectivity index (χ0v) is 13.7. The molecule has 122 valence electrons. The first-order valence-electron chi connectivity index (χ1n) is 7.18. The van der Waals surface area contributed by atoms with Crippen LogP contribution in [0.4, 0.5) is 0 Å². The molecule has 0 saturated carbocycles. The Hall–Kier alpha value is -2.41. The molecule has 0 amide bonds. The maximum absolute atomic E-state index is 8.14. The molecule has 0 aliphatic carbocycles. The number of nitrogens with one attached hydrogen (secondary N) is 4. The predicted octanol–water partition coefficient (Wildman–Crippen LogP) is 2.05. The van der Waals surface area contributed by atoms with E-state index in [0.717, 1.165) is 11.9 Å². The van der Waals surface area contributed by atoms with Crippen LogP contribution in [0.15, 0.2) is 28.2 Å². The van der Waals surface area contributed by atoms with Crippen molar-refractivity contribution in [2.24, 2.45) is 9.98 Å². The molecule has 0 saturated heterocycles. The Bertz CT molecular complexity index is 668. The van der Waals surface area contributed by atoms with Crippen molar-refractivity contribution in [2.45, 2.75) is 19.9 Å². The third-order valence-corrected chi connectivity index (χ3v) is 3.15. The lowest BCUT2D eigenvalue weighted by Crippen LogP contribution is -2.37. The molecule has 1 aromatic carbocycles. The van der Waals surface area contributed by atoms with Gasteiger partial charge in [-0.25, -0.2) is 9.98 Å². The summed E-state index contributed by atoms with van der Waals surface area (Å²) in [7, 11) is 0. The highest BCUT2D eigenvalue weighted by Crippen LogP contribution is 2.24. The quantitative estimate of drug-likeness (QED) is 0.491. The standard InChI is InChI=1S/C15H19ClN6O/c1-9(2)21-15(20-8-17)13(18)22-14-11-4-3-10(16)7-12(11)23-6-5-19-14/h3-4,7-9H,5-6H2,1-2H3,(H2,17,20,21)(H2,18,19,22). The van der Waals surface area contributed by atoms with Crippen molar-refractivity contribution in [3.63, 3.8) is 0 Å². The molecule has 1 heterocycles. The van der Waals surface area contributed by atoms with Gasteiger partial charge in [-0.3, -0.25) is 10.8 Å². The van der Waals surface area contributed by atoms with Crippen LogP contribution in [0.5, 0.6) is 5.75 Å². The molecule has 0 aromatic heterocycles. The van der Waals surface area contributed by atoms with Crippen LogP contribution in [0.1, 0.15) is 19.4 Å². The van der Waals surface area contributed by atoms with Gasteiger partial charge in [-0.2, -0.15) is 0 Å². The molecule has 7 nitrogen and oxygen atoms in total. The second-order valence-electron chi connectivity index (χ2n) is 5.13. The summed E-state index contributed by atoms with van der Waals surface area (Å²) < 4.78 is 5.63. The van der Waals surface area contributed by atoms with Gasteiger partial charge in [0.15, 0.2) is 11.7 Å². The first-order valence-corrected chi connectivity index (χ1v) is 7.56. The van der Waals surface area contributed by atoms with Crippen LogP contribution >= 0.6 is 11.6 Å². The average Bonchev–Trinajstić information content (AvgIpc) is 2.68. The number of amidine groups is 3. The Morgan fingerprint density at radius 3 is 2.96 bits per heavy atom. The van der Waals surface area contributed by atoms with Crippen molar-refractivity contribution in [1.29, 1.82) is 10.8 Å². The SMILES string of the molecule is CC(C)N/C(=N\C=N)C(=N)/N=C1\NCCOc2cc(Cl)ccc21. The van der Waals surface area contributed by atoms with Crippen LogP contribution in [-0.2, 0) is 0 Å². The summed E-state index contributed by atoms with van der Waals surface area (Å²) in [5, 5.41) is 22.0. The minimum Gasteiger partial charge on any atom is -0.491 e. The van der Waals surface area contributed by atoms with E-state index in [1.54, 1.807) is 18.2 Å². The van der Waals surface area contributed by atoms with E-state index in [-0.39, 0.29) is 17.7 Å². The summed E-state index contributed by atoms with van der Waals surface area (Å²) in [5.41, 5.74) is 0.732. The number of rotatable bonds is 2. The van der Waals surface area contributed by atoms with Crippen molar-refractivity contribution < 1.29 is 4.74 Å². The van der Waals surface area contributed by atoms with E-state index in [2.05, 4.69) is 20.6 Å². The number of halogens is 1. The maximum Gasteiger partial charge on any atom is 0.189 e. The summed E-state index contributed by atoms with van der Waals surface area (Å²) in [5.74, 6) is 1.32. The van der Waals surface area contributed by atoms with Crippen molar-refractivity contribution in [2.75, 3.05) is 13.2 Å². The molecule has 8 heteroatoms. The van der Waals surface area contributed by atoms with Crippen LogP contribution in [0.2, 0.25) is 5.02 Å². The summed E-state index contributed by atoms with van der Waals surface area (Å²) in [6.07, 6.45) is 0.886. The first kappa shape index (κ1) is 17.0. The van der Waals surface area contributed by atoms with E-state index in [1.165, 1.54) is 0 Å². The van der Waals surface area contributed by atoms with Gasteiger partial charge in [-0.1, -0.05) is 11.6 Å². The summed E-state index contributed by atoms with van der Waals surface area (Å²) >= 11 is 6.00. The monoisotopic (exact) mass is 334 g/mol. The fraction of sp³-hybridized carbons (Fsp3) is 0.333. The molecule has 1 aliphatic rings. The summed E-state index contributed by atoms with van der Waals surface area (Å²) in [4.78, 5) is 8.17. The zero-order valence-electron chi connectivity index (χ0n) is 13.0. The Morgan fingerprint density at radius 1 is 1.48 bits per heavy atom. The van der Waals surface area contributed by atoms with Gasteiger partial charge in [0, 0.05) is 11.1 Å². The van der Waals surface area contributed by atoms with E-state index in [0.29, 0.717) is 29.8 Å². The number of nitrogens with zero attached hydrogens (tertiary/aromatic N) is 2. The molecular formula is C15H19ClN6O. The Kier molecular flexibility index (Phi) is 5.70. The second-order valence-corrected chi connectivity index (χ2v) is 5.57. The molecule has 2 rings (SSSR count). The molecule has 0 fully saturated rings. The van der Waals surface area contributed by atoms with Gasteiger partial charge in [0.25, 0.3) is 0 Å². The fourth-order valence-electron chi connectivity index (χ4n) is 2.01. The third kappa shape index (κ3) is 4.53. The zero-order chi connectivity index (χ0) is 16.8. The Balaban J connectivity index is 2.36. The van der Waals surface area contributed by atoms with Gasteiger partial charge in [-0.15, -0.1) is 0 Å². The lowest BCUT2D eigenvalue weighted by atomic mass is 10.2. The van der Waals surface area contributed by atoms with Gasteiger partial charge in [0.05, 0.1) is 12.1 Å². The molecule has 0 unspecified atom stereocenters. The van der Waals surface area contributed by atoms with Crippen LogP contribution in [0, 0.1) is 10.8 Å². The lowest BCUT2D eigenvalue weighted by molar-refractivity contribution is 0.327. The number of hydrogen-bond donors (Lipinski definition) is 4. The Labute approximate surface area is 139 Å². The number of benzene rings is 1. The normalized spacial score (nSPS) is 16.2. The first-order chi connectivity index (χ1) is 11.0. The van der Waals surface area contributed by atoms with E-state index >= 15 is 0 Å². The van der Waals surface area contributed by atoms with Crippen molar-refractivity contribution in [3.8, 4) is 5.75 Å². The molecule has 1 aromatic rings. The van der Waals surface area contributed by atoms with Crippen molar-refractivity contribution in [1.82, 2.24) is 10.6 Å². The molecule has 1 aliphatic heterocycles. The van der Waals surface area contributed by atoms with Crippen LogP contribution in [0.3, 0.4) is 0 Å². The third-order valence-electron chi connectivity index (χ3n) is 2.92. The second kappa shape index (κ2) is 7.73. The van der Waals surface area contributed by atoms with Gasteiger partial charge in [0.1, 0.15) is 24.5 Å². The van der Waals surface area contributed by atoms with Crippen LogP contribution in [0.25, 0.3) is 0 Å². The minimum absolute atomic E-state index is 0.0625. The van der Waals surface area contributed by atoms with Crippen molar-refractivity contribution in [3.05, 3.63) is 28.8 Å². The highest BCUT2D eigenvalue weighted by Gasteiger charge is 2.17. The number of fused-ring (bicyclic) bond motifs is 1. The number of ether oxygens (including phenoxy) is 1. The fourth-order valence-corrected chi connectivity index (χ4v) is 2.17. The maximum atomic E-state index is 8.14. The van der Waals surface area contributed by atoms with Gasteiger partial charge in [-0.05, 0) is 32.0 Å². The molecule has 0 radical (unpaired) electrons. The molecule has 23 heavy (non-hydrogen) atoms. The highest BCUT2D eigenvalue weighted by molar-refractivity contribution is 6.42. The van der Waals surface area contributed by atoms with Gasteiger partial charge >= 0.3 is 0 Å². The van der Waals surface area contributed by atoms with E-state index in [4.69, 9.17) is 27.2 Å². The van der Waals surface area contributed by atoms with Crippen molar-refractivity contribution >= 4 is 35.4 Å². The van der Waals surface area contributed by atoms with Gasteiger partial charge < -0.3 is 15.4 Å². The molecule has 0 bridgehead atoms. The van der Waals surface area contributed by atoms with E-state index < -0.39 is 0 Å². The molecular weight excluding hydrogens is 316 g/mol. The topological polar surface area (TPSA) is 106 Å². The lowest BCUT2D eigenvalue weighted by Gasteiger charge is -2.12. The van der Waals surface area contributed by atoms with Gasteiger partial charge in [0.2, 0.25) is 0 Å². The number of hydrogen-bond acceptors (Lipinski definition) is 3. The van der Waals surface area contributed by atoms with E-state index in [1.807, 2.05) is 13.8 Å². The van der Waals surface area contributed by atoms with E-state index in [9.17, 15) is 0 Å². The molecule has 0 spiro atoms. The predicted molar refractivity (Wildman–Crippen MR) is 93.7 cm³/mol. The largest absolute Gasteiger partial charge is 0.491 e. The van der Waals surface area contributed by atoms with Crippen LogP contribution in [-0.4, -0.2) is 43.0 Å².